The number of hydrogen-bond acceptors (Lipinski definition) is 6. The van der Waals surface area contributed by atoms with Crippen molar-refractivity contribution >= 4 is 39.2 Å². The summed E-state index contributed by atoms with van der Waals surface area (Å²) in [7, 11) is -3.62. The van der Waals surface area contributed by atoms with Crippen LogP contribution in [0.25, 0.3) is 6.08 Å². The zero-order chi connectivity index (χ0) is 23.3. The number of rotatable bonds is 7. The summed E-state index contributed by atoms with van der Waals surface area (Å²) in [6.45, 7) is 5.98. The maximum absolute atomic E-state index is 12.4. The van der Waals surface area contributed by atoms with Crippen LogP contribution in [0.3, 0.4) is 0 Å². The van der Waals surface area contributed by atoms with Gasteiger partial charge in [0.2, 0.25) is 5.95 Å². The van der Waals surface area contributed by atoms with Crippen LogP contribution in [0.5, 0.6) is 0 Å². The van der Waals surface area contributed by atoms with E-state index in [9.17, 15) is 8.42 Å². The van der Waals surface area contributed by atoms with E-state index < -0.39 is 10.0 Å². The normalized spacial score (nSPS) is 14.4. The average Bonchev–Trinajstić information content (AvgIpc) is 2.80. The van der Waals surface area contributed by atoms with Crippen molar-refractivity contribution in [1.29, 1.82) is 0 Å². The highest BCUT2D eigenvalue weighted by molar-refractivity contribution is 7.95. The molecule has 1 aliphatic rings. The first kappa shape index (κ1) is 22.8. The Morgan fingerprint density at radius 1 is 0.879 bits per heavy atom. The number of benzene rings is 2. The first-order valence-corrected chi connectivity index (χ1v) is 12.7. The van der Waals surface area contributed by atoms with E-state index >= 15 is 0 Å². The summed E-state index contributed by atoms with van der Waals surface area (Å²) in [6.07, 6.45) is 5.21. The fraction of sp³-hybridized carbons (Fsp3) is 0.280. The molecule has 0 amide bonds. The van der Waals surface area contributed by atoms with E-state index in [-0.39, 0.29) is 0 Å². The van der Waals surface area contributed by atoms with Crippen molar-refractivity contribution in [2.24, 2.45) is 0 Å². The first-order chi connectivity index (χ1) is 15.9. The second kappa shape index (κ2) is 10.0. The molecule has 0 spiro atoms. The van der Waals surface area contributed by atoms with E-state index in [0.29, 0.717) is 11.6 Å². The SMILES string of the molecule is Cc1ccc(/C=C/S(=O)(=O)Nc2ccc(Nc3nc(C)cc(N4CCCCC4)n3)cc2)cc1. The van der Waals surface area contributed by atoms with Crippen LogP contribution < -0.4 is 14.9 Å². The molecule has 7 nitrogen and oxygen atoms in total. The summed E-state index contributed by atoms with van der Waals surface area (Å²) in [4.78, 5) is 11.5. The number of aromatic nitrogens is 2. The zero-order valence-corrected chi connectivity index (χ0v) is 19.8. The second-order valence-electron chi connectivity index (χ2n) is 8.30. The Labute approximate surface area is 195 Å². The van der Waals surface area contributed by atoms with Crippen molar-refractivity contribution in [3.63, 3.8) is 0 Å². The number of hydrogen-bond donors (Lipinski definition) is 2. The maximum Gasteiger partial charge on any atom is 0.255 e. The van der Waals surface area contributed by atoms with Crippen molar-refractivity contribution in [3.8, 4) is 0 Å². The van der Waals surface area contributed by atoms with Crippen LogP contribution in [0.2, 0.25) is 0 Å². The van der Waals surface area contributed by atoms with Gasteiger partial charge in [0.1, 0.15) is 5.82 Å². The predicted octanol–water partition coefficient (Wildman–Crippen LogP) is 5.24. The molecule has 2 heterocycles. The molecule has 1 aliphatic heterocycles. The topological polar surface area (TPSA) is 87.2 Å². The Bertz CT molecular complexity index is 1220. The quantitative estimate of drug-likeness (QED) is 0.498. The number of nitrogens with zero attached hydrogens (tertiary/aromatic N) is 3. The van der Waals surface area contributed by atoms with Gasteiger partial charge in [0.05, 0.1) is 5.41 Å². The third kappa shape index (κ3) is 6.55. The van der Waals surface area contributed by atoms with E-state index in [4.69, 9.17) is 0 Å². The van der Waals surface area contributed by atoms with E-state index in [0.717, 1.165) is 41.4 Å². The van der Waals surface area contributed by atoms with E-state index in [1.165, 1.54) is 24.7 Å². The molecule has 8 heteroatoms. The molecule has 0 aliphatic carbocycles. The van der Waals surface area contributed by atoms with Gasteiger partial charge in [0, 0.05) is 36.2 Å². The Morgan fingerprint density at radius 2 is 1.55 bits per heavy atom. The van der Waals surface area contributed by atoms with Crippen LogP contribution in [0.4, 0.5) is 23.1 Å². The number of sulfonamides is 1. The number of piperidine rings is 1. The highest BCUT2D eigenvalue weighted by atomic mass is 32.2. The minimum absolute atomic E-state index is 0.480. The largest absolute Gasteiger partial charge is 0.356 e. The van der Waals surface area contributed by atoms with Crippen molar-refractivity contribution in [2.45, 2.75) is 33.1 Å². The van der Waals surface area contributed by atoms with Gasteiger partial charge < -0.3 is 10.2 Å². The van der Waals surface area contributed by atoms with Crippen LogP contribution in [-0.2, 0) is 10.0 Å². The van der Waals surface area contributed by atoms with Gasteiger partial charge in [0.25, 0.3) is 10.0 Å². The molecule has 1 fully saturated rings. The lowest BCUT2D eigenvalue weighted by Gasteiger charge is -2.28. The molecule has 0 bridgehead atoms. The van der Waals surface area contributed by atoms with Crippen LogP contribution >= 0.6 is 0 Å². The van der Waals surface area contributed by atoms with E-state index in [2.05, 4.69) is 24.9 Å². The molecule has 0 radical (unpaired) electrons. The van der Waals surface area contributed by atoms with E-state index in [1.54, 1.807) is 30.3 Å². The lowest BCUT2D eigenvalue weighted by Crippen LogP contribution is -2.30. The summed E-state index contributed by atoms with van der Waals surface area (Å²) in [5.41, 5.74) is 4.11. The van der Waals surface area contributed by atoms with Gasteiger partial charge in [-0.3, -0.25) is 4.72 Å². The van der Waals surface area contributed by atoms with Gasteiger partial charge in [0.15, 0.2) is 0 Å². The molecule has 1 saturated heterocycles. The lowest BCUT2D eigenvalue weighted by atomic mass is 10.1. The second-order valence-corrected chi connectivity index (χ2v) is 9.87. The molecule has 3 aromatic rings. The van der Waals surface area contributed by atoms with Crippen molar-refractivity contribution in [2.75, 3.05) is 28.0 Å². The van der Waals surface area contributed by atoms with Gasteiger partial charge in [-0.05, 0) is 69.0 Å². The maximum atomic E-state index is 12.4. The smallest absolute Gasteiger partial charge is 0.255 e. The van der Waals surface area contributed by atoms with Crippen LogP contribution in [-0.4, -0.2) is 31.5 Å². The van der Waals surface area contributed by atoms with Crippen LogP contribution in [0.1, 0.15) is 36.1 Å². The molecule has 2 N–H and O–H groups in total. The zero-order valence-electron chi connectivity index (χ0n) is 19.0. The number of nitrogens with one attached hydrogen (secondary N) is 2. The Morgan fingerprint density at radius 3 is 2.24 bits per heavy atom. The molecule has 2 aromatic carbocycles. The Balaban J connectivity index is 1.41. The predicted molar refractivity (Wildman–Crippen MR) is 135 cm³/mol. The fourth-order valence-electron chi connectivity index (χ4n) is 3.69. The molecule has 1 aromatic heterocycles. The molecule has 33 heavy (non-hydrogen) atoms. The molecule has 0 atom stereocenters. The third-order valence-corrected chi connectivity index (χ3v) is 6.45. The van der Waals surface area contributed by atoms with Gasteiger partial charge in [-0.15, -0.1) is 0 Å². The fourth-order valence-corrected chi connectivity index (χ4v) is 4.56. The first-order valence-electron chi connectivity index (χ1n) is 11.1. The number of aryl methyl sites for hydroxylation is 2. The van der Waals surface area contributed by atoms with Crippen molar-refractivity contribution in [1.82, 2.24) is 9.97 Å². The summed E-state index contributed by atoms with van der Waals surface area (Å²) in [5, 5.41) is 4.40. The molecular formula is C25H29N5O2S. The summed E-state index contributed by atoms with van der Waals surface area (Å²) in [6, 6.07) is 16.7. The number of anilines is 4. The summed E-state index contributed by atoms with van der Waals surface area (Å²) >= 11 is 0. The van der Waals surface area contributed by atoms with Gasteiger partial charge >= 0.3 is 0 Å². The Hall–Kier alpha value is -3.39. The summed E-state index contributed by atoms with van der Waals surface area (Å²) < 4.78 is 27.4. The highest BCUT2D eigenvalue weighted by Crippen LogP contribution is 2.22. The monoisotopic (exact) mass is 463 g/mol. The minimum atomic E-state index is -3.62. The van der Waals surface area contributed by atoms with Gasteiger partial charge in [-0.25, -0.2) is 13.4 Å². The molecule has 4 rings (SSSR count). The average molecular weight is 464 g/mol. The molecule has 0 saturated carbocycles. The molecule has 172 valence electrons. The standard InChI is InChI=1S/C25H29N5O2S/c1-19-6-8-21(9-7-19)14-17-33(31,32)29-23-12-10-22(11-13-23)27-25-26-20(2)18-24(28-25)30-15-4-3-5-16-30/h6-14,17-18,29H,3-5,15-16H2,1-2H3,(H,26,27,28)/b17-14+. The van der Waals surface area contributed by atoms with Crippen molar-refractivity contribution in [3.05, 3.63) is 76.8 Å². The summed E-state index contributed by atoms with van der Waals surface area (Å²) in [5.74, 6) is 1.47. The Kier molecular flexibility index (Phi) is 6.93. The van der Waals surface area contributed by atoms with Crippen LogP contribution in [0, 0.1) is 13.8 Å². The molecular weight excluding hydrogens is 434 g/mol. The van der Waals surface area contributed by atoms with E-state index in [1.807, 2.05) is 44.2 Å². The van der Waals surface area contributed by atoms with Crippen molar-refractivity contribution < 1.29 is 8.42 Å². The van der Waals surface area contributed by atoms with Gasteiger partial charge in [-0.1, -0.05) is 29.8 Å². The third-order valence-electron chi connectivity index (χ3n) is 5.44. The van der Waals surface area contributed by atoms with Crippen LogP contribution in [0.15, 0.2) is 60.0 Å². The minimum Gasteiger partial charge on any atom is -0.356 e. The van der Waals surface area contributed by atoms with Gasteiger partial charge in [-0.2, -0.15) is 4.98 Å². The lowest BCUT2D eigenvalue weighted by molar-refractivity contribution is 0.573. The molecule has 0 unspecified atom stereocenters. The highest BCUT2D eigenvalue weighted by Gasteiger charge is 2.14.